The van der Waals surface area contributed by atoms with Crippen LogP contribution in [0.15, 0.2) is 32.9 Å². The van der Waals surface area contributed by atoms with Gasteiger partial charge in [-0.05, 0) is 39.8 Å². The first-order valence-electron chi connectivity index (χ1n) is 5.26. The predicted octanol–water partition coefficient (Wildman–Crippen LogP) is 2.84. The van der Waals surface area contributed by atoms with E-state index in [2.05, 4.69) is 20.9 Å². The lowest BCUT2D eigenvalue weighted by Gasteiger charge is -2.06. The molecule has 98 valence electrons. The molecule has 0 unspecified atom stereocenters. The molecule has 0 radical (unpaired) electrons. The van der Waals surface area contributed by atoms with Gasteiger partial charge in [0.25, 0.3) is 0 Å². The SMILES string of the molecule is Cn1c(CO)cnc1Sc1ccc(C#N)c(Br)c1F. The zero-order valence-electron chi connectivity index (χ0n) is 9.89. The fourth-order valence-electron chi connectivity index (χ4n) is 1.46. The zero-order chi connectivity index (χ0) is 14.0. The van der Waals surface area contributed by atoms with E-state index in [1.165, 1.54) is 6.07 Å². The van der Waals surface area contributed by atoms with Crippen molar-refractivity contribution in [3.63, 3.8) is 0 Å². The number of hydrogen-bond acceptors (Lipinski definition) is 4. The van der Waals surface area contributed by atoms with Crippen molar-refractivity contribution in [1.29, 1.82) is 5.26 Å². The summed E-state index contributed by atoms with van der Waals surface area (Å²) in [6.07, 6.45) is 1.54. The molecule has 0 fully saturated rings. The summed E-state index contributed by atoms with van der Waals surface area (Å²) >= 11 is 4.20. The molecule has 19 heavy (non-hydrogen) atoms. The van der Waals surface area contributed by atoms with Crippen LogP contribution >= 0.6 is 27.7 Å². The van der Waals surface area contributed by atoms with Gasteiger partial charge in [-0.2, -0.15) is 5.26 Å². The smallest absolute Gasteiger partial charge is 0.172 e. The monoisotopic (exact) mass is 341 g/mol. The van der Waals surface area contributed by atoms with Gasteiger partial charge >= 0.3 is 0 Å². The van der Waals surface area contributed by atoms with Crippen molar-refractivity contribution in [2.24, 2.45) is 7.05 Å². The summed E-state index contributed by atoms with van der Waals surface area (Å²) in [5, 5.41) is 18.5. The molecule has 7 heteroatoms. The van der Waals surface area contributed by atoms with Crippen molar-refractivity contribution in [2.75, 3.05) is 0 Å². The normalized spacial score (nSPS) is 10.5. The second-order valence-electron chi connectivity index (χ2n) is 3.70. The molecule has 2 aromatic rings. The molecule has 0 aliphatic heterocycles. The Bertz CT molecular complexity index is 666. The Kier molecular flexibility index (Phi) is 4.24. The van der Waals surface area contributed by atoms with Crippen LogP contribution in [-0.4, -0.2) is 14.7 Å². The van der Waals surface area contributed by atoms with Crippen LogP contribution in [0, 0.1) is 17.1 Å². The van der Waals surface area contributed by atoms with Crippen molar-refractivity contribution < 1.29 is 9.50 Å². The maximum atomic E-state index is 14.0. The standard InChI is InChI=1S/C12H9BrFN3OS/c1-17-8(6-18)5-16-12(17)19-9-3-2-7(4-15)10(13)11(9)14/h2-3,5,18H,6H2,1H3. The third-order valence-electron chi connectivity index (χ3n) is 2.57. The van der Waals surface area contributed by atoms with Gasteiger partial charge in [0.05, 0.1) is 33.4 Å². The number of imidazole rings is 1. The van der Waals surface area contributed by atoms with E-state index in [0.29, 0.717) is 15.7 Å². The molecule has 0 saturated carbocycles. The summed E-state index contributed by atoms with van der Waals surface area (Å²) in [5.41, 5.74) is 0.897. The van der Waals surface area contributed by atoms with Gasteiger partial charge in [-0.15, -0.1) is 0 Å². The fraction of sp³-hybridized carbons (Fsp3) is 0.167. The molecule has 1 aromatic heterocycles. The molecule has 0 saturated heterocycles. The molecular formula is C12H9BrFN3OS. The molecule has 1 N–H and O–H groups in total. The molecule has 0 bridgehead atoms. The van der Waals surface area contributed by atoms with Crippen molar-refractivity contribution in [1.82, 2.24) is 9.55 Å². The minimum absolute atomic E-state index is 0.121. The number of hydrogen-bond donors (Lipinski definition) is 1. The van der Waals surface area contributed by atoms with Gasteiger partial charge in [-0.3, -0.25) is 0 Å². The highest BCUT2D eigenvalue weighted by atomic mass is 79.9. The van der Waals surface area contributed by atoms with Gasteiger partial charge in [-0.1, -0.05) is 0 Å². The van der Waals surface area contributed by atoms with Gasteiger partial charge in [0.1, 0.15) is 6.07 Å². The van der Waals surface area contributed by atoms with Crippen LogP contribution in [0.4, 0.5) is 4.39 Å². The van der Waals surface area contributed by atoms with E-state index in [-0.39, 0.29) is 16.6 Å². The first-order chi connectivity index (χ1) is 9.08. The van der Waals surface area contributed by atoms with E-state index in [0.717, 1.165) is 11.8 Å². The highest BCUT2D eigenvalue weighted by Crippen LogP contribution is 2.33. The van der Waals surface area contributed by atoms with Gasteiger partial charge in [0.2, 0.25) is 0 Å². The molecule has 2 rings (SSSR count). The molecule has 0 atom stereocenters. The average molecular weight is 342 g/mol. The van der Waals surface area contributed by atoms with E-state index in [1.807, 2.05) is 6.07 Å². The molecule has 0 spiro atoms. The number of aliphatic hydroxyl groups is 1. The molecular weight excluding hydrogens is 333 g/mol. The molecule has 1 aromatic carbocycles. The average Bonchev–Trinajstić information content (AvgIpc) is 2.76. The van der Waals surface area contributed by atoms with Crippen molar-refractivity contribution in [2.45, 2.75) is 16.7 Å². The molecule has 0 aliphatic carbocycles. The number of aromatic nitrogens is 2. The summed E-state index contributed by atoms with van der Waals surface area (Å²) in [6, 6.07) is 4.99. The lowest BCUT2D eigenvalue weighted by atomic mass is 10.2. The summed E-state index contributed by atoms with van der Waals surface area (Å²) in [4.78, 5) is 4.48. The second-order valence-corrected chi connectivity index (χ2v) is 5.50. The summed E-state index contributed by atoms with van der Waals surface area (Å²) < 4.78 is 15.9. The Hall–Kier alpha value is -1.36. The maximum Gasteiger partial charge on any atom is 0.172 e. The number of aliphatic hydroxyl groups excluding tert-OH is 1. The Labute approximate surface area is 122 Å². The molecule has 0 amide bonds. The van der Waals surface area contributed by atoms with Crippen molar-refractivity contribution in [3.8, 4) is 6.07 Å². The van der Waals surface area contributed by atoms with E-state index >= 15 is 0 Å². The third-order valence-corrected chi connectivity index (χ3v) is 4.44. The number of halogens is 2. The number of benzene rings is 1. The first-order valence-corrected chi connectivity index (χ1v) is 6.86. The lowest BCUT2D eigenvalue weighted by Crippen LogP contribution is -1.97. The second kappa shape index (κ2) is 5.74. The Balaban J connectivity index is 2.37. The Morgan fingerprint density at radius 3 is 2.89 bits per heavy atom. The third kappa shape index (κ3) is 2.66. The van der Waals surface area contributed by atoms with Crippen LogP contribution < -0.4 is 0 Å². The molecule has 1 heterocycles. The fourth-order valence-corrected chi connectivity index (χ4v) is 2.91. The highest BCUT2D eigenvalue weighted by molar-refractivity contribution is 9.10. The lowest BCUT2D eigenvalue weighted by molar-refractivity contribution is 0.271. The molecule has 0 aliphatic rings. The van der Waals surface area contributed by atoms with Crippen LogP contribution in [0.1, 0.15) is 11.3 Å². The number of nitriles is 1. The van der Waals surface area contributed by atoms with Crippen LogP contribution in [-0.2, 0) is 13.7 Å². The van der Waals surface area contributed by atoms with Gasteiger partial charge in [0, 0.05) is 7.05 Å². The summed E-state index contributed by atoms with van der Waals surface area (Å²) in [5.74, 6) is -0.488. The van der Waals surface area contributed by atoms with Crippen LogP contribution in [0.2, 0.25) is 0 Å². The first kappa shape index (κ1) is 14.1. The minimum atomic E-state index is -0.488. The van der Waals surface area contributed by atoms with Crippen molar-refractivity contribution in [3.05, 3.63) is 39.9 Å². The zero-order valence-corrected chi connectivity index (χ0v) is 12.3. The van der Waals surface area contributed by atoms with E-state index in [4.69, 9.17) is 10.4 Å². The van der Waals surface area contributed by atoms with E-state index in [9.17, 15) is 4.39 Å². The largest absolute Gasteiger partial charge is 0.390 e. The number of rotatable bonds is 3. The predicted molar refractivity (Wildman–Crippen MR) is 72.1 cm³/mol. The number of nitrogens with zero attached hydrogens (tertiary/aromatic N) is 3. The highest BCUT2D eigenvalue weighted by Gasteiger charge is 2.15. The quantitative estimate of drug-likeness (QED) is 0.932. The van der Waals surface area contributed by atoms with Crippen LogP contribution in [0.5, 0.6) is 0 Å². The van der Waals surface area contributed by atoms with E-state index in [1.54, 1.807) is 23.9 Å². The van der Waals surface area contributed by atoms with Gasteiger partial charge < -0.3 is 9.67 Å². The van der Waals surface area contributed by atoms with Gasteiger partial charge in [-0.25, -0.2) is 9.37 Å². The summed E-state index contributed by atoms with van der Waals surface area (Å²) in [6.45, 7) is -0.121. The van der Waals surface area contributed by atoms with Crippen molar-refractivity contribution >= 4 is 27.7 Å². The Morgan fingerprint density at radius 2 is 2.32 bits per heavy atom. The summed E-state index contributed by atoms with van der Waals surface area (Å²) in [7, 11) is 1.75. The molecule has 4 nitrogen and oxygen atoms in total. The van der Waals surface area contributed by atoms with Crippen LogP contribution in [0.3, 0.4) is 0 Å². The minimum Gasteiger partial charge on any atom is -0.390 e. The Morgan fingerprint density at radius 1 is 1.58 bits per heavy atom. The maximum absolute atomic E-state index is 14.0. The topological polar surface area (TPSA) is 61.8 Å². The van der Waals surface area contributed by atoms with E-state index < -0.39 is 5.82 Å². The van der Waals surface area contributed by atoms with Crippen LogP contribution in [0.25, 0.3) is 0 Å². The van der Waals surface area contributed by atoms with Gasteiger partial charge in [0.15, 0.2) is 11.0 Å².